The molecule has 5 nitrogen and oxygen atoms in total. The fraction of sp³-hybridized carbons (Fsp3) is 0.429. The highest BCUT2D eigenvalue weighted by Gasteiger charge is 2.09. The molecule has 0 aliphatic carbocycles. The number of rotatable bonds is 10. The zero-order chi connectivity index (χ0) is 18.9. The Hall–Kier alpha value is -2.40. The van der Waals surface area contributed by atoms with Crippen LogP contribution in [0.4, 0.5) is 0 Å². The second-order valence-electron chi connectivity index (χ2n) is 6.19. The van der Waals surface area contributed by atoms with E-state index >= 15 is 0 Å². The molecule has 5 heteroatoms. The predicted octanol–water partition coefficient (Wildman–Crippen LogP) is 3.48. The Kier molecular flexibility index (Phi) is 7.60. The van der Waals surface area contributed by atoms with Crippen molar-refractivity contribution in [3.05, 3.63) is 47.5 Å². The van der Waals surface area contributed by atoms with Gasteiger partial charge in [-0.3, -0.25) is 0 Å². The van der Waals surface area contributed by atoms with Gasteiger partial charge >= 0.3 is 0 Å². The van der Waals surface area contributed by atoms with Gasteiger partial charge in [0.05, 0.1) is 28.4 Å². The number of hydrogen-bond acceptors (Lipinski definition) is 5. The van der Waals surface area contributed by atoms with Gasteiger partial charge in [-0.25, -0.2) is 0 Å². The van der Waals surface area contributed by atoms with E-state index in [4.69, 9.17) is 18.9 Å². The van der Waals surface area contributed by atoms with E-state index in [1.807, 2.05) is 24.3 Å². The molecule has 2 aromatic carbocycles. The second-order valence-corrected chi connectivity index (χ2v) is 6.19. The Bertz CT molecular complexity index is 702. The van der Waals surface area contributed by atoms with Crippen molar-refractivity contribution in [2.45, 2.75) is 25.8 Å². The smallest absolute Gasteiger partial charge is 0.160 e. The lowest BCUT2D eigenvalue weighted by Crippen LogP contribution is -2.30. The molecule has 1 N–H and O–H groups in total. The van der Waals surface area contributed by atoms with Crippen LogP contribution in [-0.2, 0) is 12.8 Å². The van der Waals surface area contributed by atoms with Crippen molar-refractivity contribution in [3.63, 3.8) is 0 Å². The Morgan fingerprint density at radius 2 is 1.23 bits per heavy atom. The Balaban J connectivity index is 1.86. The van der Waals surface area contributed by atoms with Gasteiger partial charge in [-0.1, -0.05) is 12.1 Å². The molecular weight excluding hydrogens is 330 g/mol. The first-order valence-electron chi connectivity index (χ1n) is 8.76. The van der Waals surface area contributed by atoms with Crippen LogP contribution in [0.2, 0.25) is 0 Å². The summed E-state index contributed by atoms with van der Waals surface area (Å²) in [6.45, 7) is 3.08. The van der Waals surface area contributed by atoms with Crippen molar-refractivity contribution in [3.8, 4) is 23.0 Å². The van der Waals surface area contributed by atoms with Gasteiger partial charge in [-0.2, -0.15) is 0 Å². The van der Waals surface area contributed by atoms with Crippen LogP contribution in [0.25, 0.3) is 0 Å². The summed E-state index contributed by atoms with van der Waals surface area (Å²) >= 11 is 0. The van der Waals surface area contributed by atoms with Crippen LogP contribution < -0.4 is 24.3 Å². The molecule has 0 bridgehead atoms. The van der Waals surface area contributed by atoms with Gasteiger partial charge in [0.25, 0.3) is 0 Å². The van der Waals surface area contributed by atoms with Gasteiger partial charge in [-0.05, 0) is 61.7 Å². The molecule has 0 amide bonds. The van der Waals surface area contributed by atoms with Gasteiger partial charge in [0.1, 0.15) is 0 Å². The highest BCUT2D eigenvalue weighted by molar-refractivity contribution is 5.43. The molecule has 0 radical (unpaired) electrons. The van der Waals surface area contributed by atoms with Gasteiger partial charge in [0, 0.05) is 6.04 Å². The standard InChI is InChI=1S/C21H29NO4/c1-15(12-17-7-9-19(24-3)21(14-17)26-5)22-11-10-16-6-8-18(23-2)20(13-16)25-4/h6-9,13-15,22H,10-12H2,1-5H3. The molecule has 1 atom stereocenters. The molecule has 142 valence electrons. The molecule has 26 heavy (non-hydrogen) atoms. The van der Waals surface area contributed by atoms with Gasteiger partial charge in [0.15, 0.2) is 23.0 Å². The third kappa shape index (κ3) is 5.30. The van der Waals surface area contributed by atoms with Gasteiger partial charge in [-0.15, -0.1) is 0 Å². The van der Waals surface area contributed by atoms with E-state index in [2.05, 4.69) is 24.4 Å². The molecule has 0 saturated carbocycles. The maximum absolute atomic E-state index is 5.37. The van der Waals surface area contributed by atoms with E-state index < -0.39 is 0 Å². The van der Waals surface area contributed by atoms with Crippen LogP contribution in [0, 0.1) is 0 Å². The lowest BCUT2D eigenvalue weighted by Gasteiger charge is -2.16. The third-order valence-electron chi connectivity index (χ3n) is 4.34. The van der Waals surface area contributed by atoms with Crippen LogP contribution in [0.5, 0.6) is 23.0 Å². The zero-order valence-electron chi connectivity index (χ0n) is 16.3. The number of hydrogen-bond donors (Lipinski definition) is 1. The molecule has 2 aromatic rings. The van der Waals surface area contributed by atoms with E-state index in [0.29, 0.717) is 6.04 Å². The molecule has 2 rings (SSSR count). The fourth-order valence-electron chi connectivity index (χ4n) is 2.93. The van der Waals surface area contributed by atoms with Gasteiger partial charge in [0.2, 0.25) is 0 Å². The van der Waals surface area contributed by atoms with Crippen molar-refractivity contribution in [1.82, 2.24) is 5.32 Å². The van der Waals surface area contributed by atoms with Crippen LogP contribution in [0.3, 0.4) is 0 Å². The van der Waals surface area contributed by atoms with Gasteiger partial charge < -0.3 is 24.3 Å². The largest absolute Gasteiger partial charge is 0.493 e. The summed E-state index contributed by atoms with van der Waals surface area (Å²) in [4.78, 5) is 0. The summed E-state index contributed by atoms with van der Waals surface area (Å²) < 4.78 is 21.3. The first-order valence-corrected chi connectivity index (χ1v) is 8.76. The molecule has 0 heterocycles. The molecule has 0 aromatic heterocycles. The minimum absolute atomic E-state index is 0.355. The van der Waals surface area contributed by atoms with Crippen molar-refractivity contribution in [2.24, 2.45) is 0 Å². The zero-order valence-corrected chi connectivity index (χ0v) is 16.3. The number of benzene rings is 2. The number of nitrogens with one attached hydrogen (secondary N) is 1. The second kappa shape index (κ2) is 9.92. The van der Waals surface area contributed by atoms with Crippen LogP contribution in [-0.4, -0.2) is 41.0 Å². The molecule has 1 unspecified atom stereocenters. The Morgan fingerprint density at radius 3 is 1.77 bits per heavy atom. The van der Waals surface area contributed by atoms with Crippen molar-refractivity contribution in [1.29, 1.82) is 0 Å². The predicted molar refractivity (Wildman–Crippen MR) is 104 cm³/mol. The summed E-state index contributed by atoms with van der Waals surface area (Å²) in [5.41, 5.74) is 2.43. The van der Waals surface area contributed by atoms with E-state index in [0.717, 1.165) is 42.4 Å². The van der Waals surface area contributed by atoms with Crippen LogP contribution in [0.1, 0.15) is 18.1 Å². The van der Waals surface area contributed by atoms with E-state index in [1.54, 1.807) is 28.4 Å². The van der Waals surface area contributed by atoms with Crippen molar-refractivity contribution < 1.29 is 18.9 Å². The minimum Gasteiger partial charge on any atom is -0.493 e. The molecule has 0 saturated heterocycles. The molecule has 0 fully saturated rings. The summed E-state index contributed by atoms with van der Waals surface area (Å²) in [7, 11) is 6.61. The summed E-state index contributed by atoms with van der Waals surface area (Å²) in [5.74, 6) is 3.04. The first kappa shape index (κ1) is 19.9. The third-order valence-corrected chi connectivity index (χ3v) is 4.34. The van der Waals surface area contributed by atoms with E-state index in [9.17, 15) is 0 Å². The lowest BCUT2D eigenvalue weighted by molar-refractivity contribution is 0.354. The monoisotopic (exact) mass is 359 g/mol. The molecule has 0 aliphatic heterocycles. The SMILES string of the molecule is COc1ccc(CCNC(C)Cc2ccc(OC)c(OC)c2)cc1OC. The molecule has 0 aliphatic rings. The quantitative estimate of drug-likeness (QED) is 0.704. The fourth-order valence-corrected chi connectivity index (χ4v) is 2.93. The van der Waals surface area contributed by atoms with Crippen molar-refractivity contribution >= 4 is 0 Å². The average Bonchev–Trinajstić information content (AvgIpc) is 2.67. The molecule has 0 spiro atoms. The van der Waals surface area contributed by atoms with Crippen LogP contribution in [0.15, 0.2) is 36.4 Å². The topological polar surface area (TPSA) is 49.0 Å². The maximum Gasteiger partial charge on any atom is 0.160 e. The summed E-state index contributed by atoms with van der Waals surface area (Å²) in [5, 5.41) is 3.57. The number of ether oxygens (including phenoxy) is 4. The summed E-state index contributed by atoms with van der Waals surface area (Å²) in [6.07, 6.45) is 1.85. The maximum atomic E-state index is 5.37. The van der Waals surface area contributed by atoms with E-state index in [-0.39, 0.29) is 0 Å². The average molecular weight is 359 g/mol. The Labute approximate surface area is 156 Å². The first-order chi connectivity index (χ1) is 12.6. The lowest BCUT2D eigenvalue weighted by atomic mass is 10.1. The van der Waals surface area contributed by atoms with Crippen molar-refractivity contribution in [2.75, 3.05) is 35.0 Å². The van der Waals surface area contributed by atoms with E-state index in [1.165, 1.54) is 11.1 Å². The molecular formula is C21H29NO4. The minimum atomic E-state index is 0.355. The van der Waals surface area contributed by atoms with Crippen LogP contribution >= 0.6 is 0 Å². The normalized spacial score (nSPS) is 11.7. The highest BCUT2D eigenvalue weighted by atomic mass is 16.5. The summed E-state index contributed by atoms with van der Waals surface area (Å²) in [6, 6.07) is 12.5. The Morgan fingerprint density at radius 1 is 0.731 bits per heavy atom. The number of methoxy groups -OCH3 is 4. The highest BCUT2D eigenvalue weighted by Crippen LogP contribution is 2.28.